The normalized spacial score (nSPS) is 19.8. The predicted octanol–water partition coefficient (Wildman–Crippen LogP) is 3.03. The van der Waals surface area contributed by atoms with Crippen LogP contribution in [0.3, 0.4) is 0 Å². The SMILES string of the molecule is CN(Cc1ccc(F)cc1C(F)(F)F)CC1CCCN1. The number of nitrogens with one attached hydrogen (secondary N) is 1. The van der Waals surface area contributed by atoms with Crippen LogP contribution in [-0.2, 0) is 12.7 Å². The van der Waals surface area contributed by atoms with Crippen molar-refractivity contribution in [3.05, 3.63) is 35.1 Å². The Morgan fingerprint density at radius 2 is 2.10 bits per heavy atom. The van der Waals surface area contributed by atoms with E-state index >= 15 is 0 Å². The summed E-state index contributed by atoms with van der Waals surface area (Å²) in [6.45, 7) is 1.81. The van der Waals surface area contributed by atoms with E-state index in [2.05, 4.69) is 5.32 Å². The molecular weight excluding hydrogens is 272 g/mol. The van der Waals surface area contributed by atoms with Crippen LogP contribution in [0.5, 0.6) is 0 Å². The summed E-state index contributed by atoms with van der Waals surface area (Å²) in [7, 11) is 1.78. The van der Waals surface area contributed by atoms with Crippen molar-refractivity contribution in [2.75, 3.05) is 20.1 Å². The highest BCUT2D eigenvalue weighted by molar-refractivity contribution is 5.30. The van der Waals surface area contributed by atoms with Crippen LogP contribution in [0.15, 0.2) is 18.2 Å². The Labute approximate surface area is 115 Å². The molecule has 0 bridgehead atoms. The van der Waals surface area contributed by atoms with Crippen molar-refractivity contribution in [3.8, 4) is 0 Å². The van der Waals surface area contributed by atoms with Gasteiger partial charge in [0, 0.05) is 19.1 Å². The van der Waals surface area contributed by atoms with Gasteiger partial charge >= 0.3 is 6.18 Å². The molecule has 1 aliphatic rings. The highest BCUT2D eigenvalue weighted by atomic mass is 19.4. The quantitative estimate of drug-likeness (QED) is 0.858. The molecule has 2 rings (SSSR count). The van der Waals surface area contributed by atoms with Crippen LogP contribution in [-0.4, -0.2) is 31.1 Å². The zero-order chi connectivity index (χ0) is 14.8. The summed E-state index contributed by atoms with van der Waals surface area (Å²) in [5, 5.41) is 3.30. The Balaban J connectivity index is 2.08. The van der Waals surface area contributed by atoms with E-state index in [-0.39, 0.29) is 12.1 Å². The first kappa shape index (κ1) is 15.3. The van der Waals surface area contributed by atoms with Crippen molar-refractivity contribution < 1.29 is 17.6 Å². The first-order chi connectivity index (χ1) is 9.36. The van der Waals surface area contributed by atoms with Gasteiger partial charge in [-0.05, 0) is 44.1 Å². The first-order valence-electron chi connectivity index (χ1n) is 6.64. The van der Waals surface area contributed by atoms with Gasteiger partial charge in [-0.25, -0.2) is 4.39 Å². The summed E-state index contributed by atoms with van der Waals surface area (Å²) in [5.74, 6) is -0.860. The summed E-state index contributed by atoms with van der Waals surface area (Å²) in [6, 6.07) is 3.19. The molecule has 0 aliphatic carbocycles. The fourth-order valence-electron chi connectivity index (χ4n) is 2.59. The first-order valence-corrected chi connectivity index (χ1v) is 6.64. The second-order valence-electron chi connectivity index (χ2n) is 5.29. The van der Waals surface area contributed by atoms with Crippen molar-refractivity contribution in [2.45, 2.75) is 31.6 Å². The fraction of sp³-hybridized carbons (Fsp3) is 0.571. The molecule has 1 heterocycles. The van der Waals surface area contributed by atoms with Gasteiger partial charge in [-0.2, -0.15) is 13.2 Å². The average molecular weight is 290 g/mol. The monoisotopic (exact) mass is 290 g/mol. The molecule has 1 saturated heterocycles. The van der Waals surface area contributed by atoms with Crippen molar-refractivity contribution >= 4 is 0 Å². The molecule has 1 aromatic carbocycles. The number of benzene rings is 1. The number of likely N-dealkylation sites (N-methyl/N-ethyl adjacent to an activating group) is 1. The van der Waals surface area contributed by atoms with Crippen LogP contribution in [0, 0.1) is 5.82 Å². The van der Waals surface area contributed by atoms with E-state index < -0.39 is 17.6 Å². The van der Waals surface area contributed by atoms with Crippen LogP contribution in [0.25, 0.3) is 0 Å². The van der Waals surface area contributed by atoms with Crippen molar-refractivity contribution in [1.29, 1.82) is 0 Å². The highest BCUT2D eigenvalue weighted by Crippen LogP contribution is 2.33. The average Bonchev–Trinajstić information content (AvgIpc) is 2.82. The minimum atomic E-state index is -4.52. The maximum Gasteiger partial charge on any atom is 0.416 e. The molecule has 0 radical (unpaired) electrons. The van der Waals surface area contributed by atoms with Gasteiger partial charge in [0.25, 0.3) is 0 Å². The Hall–Kier alpha value is -1.14. The van der Waals surface area contributed by atoms with E-state index in [9.17, 15) is 17.6 Å². The number of halogens is 4. The third kappa shape index (κ3) is 3.93. The van der Waals surface area contributed by atoms with E-state index in [4.69, 9.17) is 0 Å². The minimum absolute atomic E-state index is 0.111. The second kappa shape index (κ2) is 6.10. The zero-order valence-corrected chi connectivity index (χ0v) is 11.3. The van der Waals surface area contributed by atoms with Gasteiger partial charge < -0.3 is 10.2 Å². The summed E-state index contributed by atoms with van der Waals surface area (Å²) in [4.78, 5) is 1.84. The minimum Gasteiger partial charge on any atom is -0.313 e. The maximum atomic E-state index is 13.0. The molecule has 0 saturated carbocycles. The van der Waals surface area contributed by atoms with E-state index in [1.165, 1.54) is 6.07 Å². The third-order valence-electron chi connectivity index (χ3n) is 3.51. The topological polar surface area (TPSA) is 15.3 Å². The number of alkyl halides is 3. The second-order valence-corrected chi connectivity index (χ2v) is 5.29. The number of hydrogen-bond acceptors (Lipinski definition) is 2. The Morgan fingerprint density at radius 1 is 1.35 bits per heavy atom. The molecule has 112 valence electrons. The van der Waals surface area contributed by atoms with E-state index in [1.54, 1.807) is 7.05 Å². The molecule has 0 aromatic heterocycles. The Bertz CT molecular complexity index is 453. The van der Waals surface area contributed by atoms with Gasteiger partial charge in [0.15, 0.2) is 0 Å². The van der Waals surface area contributed by atoms with Crippen LogP contribution in [0.4, 0.5) is 17.6 Å². The molecule has 1 atom stereocenters. The van der Waals surface area contributed by atoms with Crippen LogP contribution >= 0.6 is 0 Å². The molecule has 6 heteroatoms. The van der Waals surface area contributed by atoms with E-state index in [0.29, 0.717) is 18.7 Å². The summed E-state index contributed by atoms with van der Waals surface area (Å²) >= 11 is 0. The van der Waals surface area contributed by atoms with Gasteiger partial charge in [0.05, 0.1) is 5.56 Å². The lowest BCUT2D eigenvalue weighted by molar-refractivity contribution is -0.138. The van der Waals surface area contributed by atoms with E-state index in [1.807, 2.05) is 4.90 Å². The Kier molecular flexibility index (Phi) is 4.65. The summed E-state index contributed by atoms with van der Waals surface area (Å²) in [5.41, 5.74) is -0.775. The molecule has 0 amide bonds. The maximum absolute atomic E-state index is 13.0. The van der Waals surface area contributed by atoms with Gasteiger partial charge in [0.1, 0.15) is 5.82 Å². The molecule has 20 heavy (non-hydrogen) atoms. The molecule has 1 N–H and O–H groups in total. The molecule has 2 nitrogen and oxygen atoms in total. The summed E-state index contributed by atoms with van der Waals surface area (Å²) < 4.78 is 51.7. The molecule has 0 spiro atoms. The largest absolute Gasteiger partial charge is 0.416 e. The van der Waals surface area contributed by atoms with Crippen LogP contribution in [0.2, 0.25) is 0 Å². The van der Waals surface area contributed by atoms with Gasteiger partial charge in [0.2, 0.25) is 0 Å². The summed E-state index contributed by atoms with van der Waals surface area (Å²) in [6.07, 6.45) is -2.38. The van der Waals surface area contributed by atoms with Gasteiger partial charge in [-0.15, -0.1) is 0 Å². The highest BCUT2D eigenvalue weighted by Gasteiger charge is 2.34. The van der Waals surface area contributed by atoms with Crippen LogP contribution < -0.4 is 5.32 Å². The van der Waals surface area contributed by atoms with Crippen molar-refractivity contribution in [2.24, 2.45) is 0 Å². The molecule has 1 unspecified atom stereocenters. The lowest BCUT2D eigenvalue weighted by Crippen LogP contribution is -2.35. The Morgan fingerprint density at radius 3 is 2.70 bits per heavy atom. The van der Waals surface area contributed by atoms with Crippen molar-refractivity contribution in [1.82, 2.24) is 10.2 Å². The number of rotatable bonds is 4. The lowest BCUT2D eigenvalue weighted by Gasteiger charge is -2.23. The standard InChI is InChI=1S/C14H18F4N2/c1-20(9-12-3-2-6-19-12)8-10-4-5-11(15)7-13(10)14(16,17)18/h4-5,7,12,19H,2-3,6,8-9H2,1H3. The van der Waals surface area contributed by atoms with E-state index in [0.717, 1.165) is 25.5 Å². The number of hydrogen-bond donors (Lipinski definition) is 1. The molecular formula is C14H18F4N2. The number of nitrogens with zero attached hydrogens (tertiary/aromatic N) is 1. The smallest absolute Gasteiger partial charge is 0.313 e. The lowest BCUT2D eigenvalue weighted by atomic mass is 10.1. The van der Waals surface area contributed by atoms with Gasteiger partial charge in [-0.1, -0.05) is 6.07 Å². The third-order valence-corrected chi connectivity index (χ3v) is 3.51. The molecule has 1 fully saturated rings. The fourth-order valence-corrected chi connectivity index (χ4v) is 2.59. The predicted molar refractivity (Wildman–Crippen MR) is 68.8 cm³/mol. The van der Waals surface area contributed by atoms with Gasteiger partial charge in [-0.3, -0.25) is 0 Å². The van der Waals surface area contributed by atoms with Crippen molar-refractivity contribution in [3.63, 3.8) is 0 Å². The molecule has 1 aromatic rings. The van der Waals surface area contributed by atoms with Crippen LogP contribution in [0.1, 0.15) is 24.0 Å². The zero-order valence-electron chi connectivity index (χ0n) is 11.3. The molecule has 1 aliphatic heterocycles.